The van der Waals surface area contributed by atoms with Gasteiger partial charge in [-0.2, -0.15) is 0 Å². The first-order valence-corrected chi connectivity index (χ1v) is 5.32. The van der Waals surface area contributed by atoms with E-state index in [1.165, 1.54) is 12.4 Å². The molecule has 0 spiro atoms. The monoisotopic (exact) mass is 226 g/mol. The molecule has 0 N–H and O–H groups in total. The molecule has 0 amide bonds. The molecular formula is C10H11ClN2O2. The fourth-order valence-corrected chi connectivity index (χ4v) is 1.81. The number of hydrogen-bond acceptors (Lipinski definition) is 4. The number of aromatic nitrogens is 2. The normalized spacial score (nSPS) is 16.6. The maximum atomic E-state index is 11.6. The van der Waals surface area contributed by atoms with Gasteiger partial charge in [0, 0.05) is 0 Å². The largest absolute Gasteiger partial charge is 0.458 e. The first kappa shape index (κ1) is 10.4. The molecule has 0 saturated heterocycles. The Morgan fingerprint density at radius 2 is 2.13 bits per heavy atom. The van der Waals surface area contributed by atoms with Gasteiger partial charge in [-0.3, -0.25) is 4.98 Å². The van der Waals surface area contributed by atoms with Crippen LogP contribution in [0.3, 0.4) is 0 Å². The molecule has 1 aliphatic carbocycles. The van der Waals surface area contributed by atoms with Crippen LogP contribution in [0.2, 0.25) is 5.15 Å². The second-order valence-electron chi connectivity index (χ2n) is 3.54. The highest BCUT2D eigenvalue weighted by Gasteiger charge is 2.20. The van der Waals surface area contributed by atoms with Crippen molar-refractivity contribution in [2.45, 2.75) is 31.8 Å². The zero-order valence-electron chi connectivity index (χ0n) is 8.15. The molecule has 0 aromatic carbocycles. The number of carbonyl (C=O) groups is 1. The summed E-state index contributed by atoms with van der Waals surface area (Å²) in [4.78, 5) is 19.2. The summed E-state index contributed by atoms with van der Waals surface area (Å²) in [6, 6.07) is 0. The van der Waals surface area contributed by atoms with Crippen LogP contribution < -0.4 is 0 Å². The molecule has 0 radical (unpaired) electrons. The van der Waals surface area contributed by atoms with Gasteiger partial charge in [-0.15, -0.1) is 0 Å². The average molecular weight is 227 g/mol. The number of halogens is 1. The zero-order chi connectivity index (χ0) is 10.7. The van der Waals surface area contributed by atoms with Crippen LogP contribution in [0.15, 0.2) is 12.4 Å². The number of hydrogen-bond donors (Lipinski definition) is 0. The third-order valence-electron chi connectivity index (χ3n) is 2.39. The van der Waals surface area contributed by atoms with Gasteiger partial charge in [0.25, 0.3) is 0 Å². The van der Waals surface area contributed by atoms with Crippen molar-refractivity contribution in [1.29, 1.82) is 0 Å². The minimum Gasteiger partial charge on any atom is -0.458 e. The molecule has 2 rings (SSSR count). The van der Waals surface area contributed by atoms with E-state index in [0.29, 0.717) is 0 Å². The minimum absolute atomic E-state index is 0.0401. The molecule has 1 aromatic heterocycles. The van der Waals surface area contributed by atoms with E-state index in [9.17, 15) is 4.79 Å². The van der Waals surface area contributed by atoms with Crippen LogP contribution >= 0.6 is 11.6 Å². The van der Waals surface area contributed by atoms with Gasteiger partial charge in [0.2, 0.25) is 0 Å². The Balaban J connectivity index is 2.01. The van der Waals surface area contributed by atoms with E-state index < -0.39 is 5.97 Å². The van der Waals surface area contributed by atoms with Gasteiger partial charge < -0.3 is 4.74 Å². The molecule has 0 aliphatic heterocycles. The van der Waals surface area contributed by atoms with Crippen molar-refractivity contribution in [2.75, 3.05) is 0 Å². The van der Waals surface area contributed by atoms with Gasteiger partial charge in [-0.25, -0.2) is 9.78 Å². The molecule has 1 fully saturated rings. The Bertz CT molecular complexity index is 364. The van der Waals surface area contributed by atoms with Gasteiger partial charge in [-0.05, 0) is 25.7 Å². The Labute approximate surface area is 92.6 Å². The van der Waals surface area contributed by atoms with Crippen molar-refractivity contribution in [3.05, 3.63) is 23.2 Å². The minimum atomic E-state index is -0.433. The van der Waals surface area contributed by atoms with Crippen molar-refractivity contribution >= 4 is 17.6 Å². The molecule has 5 heteroatoms. The Morgan fingerprint density at radius 3 is 2.80 bits per heavy atom. The second kappa shape index (κ2) is 4.57. The summed E-state index contributed by atoms with van der Waals surface area (Å²) >= 11 is 5.62. The van der Waals surface area contributed by atoms with Crippen molar-refractivity contribution in [2.24, 2.45) is 0 Å². The fourth-order valence-electron chi connectivity index (χ4n) is 1.66. The van der Waals surface area contributed by atoms with Crippen LogP contribution in [0.1, 0.15) is 36.2 Å². The lowest BCUT2D eigenvalue weighted by molar-refractivity contribution is 0.0310. The summed E-state index contributed by atoms with van der Waals surface area (Å²) in [5.41, 5.74) is 0.175. The van der Waals surface area contributed by atoms with Gasteiger partial charge in [0.1, 0.15) is 11.3 Å². The number of esters is 1. The third kappa shape index (κ3) is 2.65. The summed E-state index contributed by atoms with van der Waals surface area (Å²) < 4.78 is 5.25. The molecule has 1 aliphatic rings. The molecule has 0 atom stereocenters. The predicted octanol–water partition coefficient (Wildman–Crippen LogP) is 2.23. The van der Waals surface area contributed by atoms with Crippen molar-refractivity contribution in [1.82, 2.24) is 9.97 Å². The number of carbonyl (C=O) groups excluding carboxylic acids is 1. The van der Waals surface area contributed by atoms with Gasteiger partial charge in [0.05, 0.1) is 12.4 Å². The van der Waals surface area contributed by atoms with Gasteiger partial charge in [0.15, 0.2) is 5.69 Å². The first-order chi connectivity index (χ1) is 7.25. The summed E-state index contributed by atoms with van der Waals surface area (Å²) in [7, 11) is 0. The smallest absolute Gasteiger partial charge is 0.358 e. The van der Waals surface area contributed by atoms with E-state index in [0.717, 1.165) is 25.7 Å². The lowest BCUT2D eigenvalue weighted by atomic mass is 10.3. The van der Waals surface area contributed by atoms with E-state index in [-0.39, 0.29) is 17.0 Å². The van der Waals surface area contributed by atoms with Crippen LogP contribution in [-0.4, -0.2) is 22.0 Å². The molecule has 0 unspecified atom stereocenters. The standard InChI is InChI=1S/C10H11ClN2O2/c11-9-6-12-5-8(13-9)10(14)15-7-3-1-2-4-7/h5-7H,1-4H2. The Morgan fingerprint density at radius 1 is 1.40 bits per heavy atom. The van der Waals surface area contributed by atoms with E-state index in [1.807, 2.05) is 0 Å². The summed E-state index contributed by atoms with van der Waals surface area (Å²) in [6.45, 7) is 0. The maximum absolute atomic E-state index is 11.6. The lowest BCUT2D eigenvalue weighted by Crippen LogP contribution is -2.16. The molecular weight excluding hydrogens is 216 g/mol. The van der Waals surface area contributed by atoms with Crippen LogP contribution in [-0.2, 0) is 4.74 Å². The third-order valence-corrected chi connectivity index (χ3v) is 2.57. The van der Waals surface area contributed by atoms with Gasteiger partial charge >= 0.3 is 5.97 Å². The molecule has 1 aromatic rings. The fraction of sp³-hybridized carbons (Fsp3) is 0.500. The van der Waals surface area contributed by atoms with Crippen LogP contribution in [0.4, 0.5) is 0 Å². The summed E-state index contributed by atoms with van der Waals surface area (Å²) in [6.07, 6.45) is 6.92. The Hall–Kier alpha value is -1.16. The molecule has 1 saturated carbocycles. The summed E-state index contributed by atoms with van der Waals surface area (Å²) in [5, 5.41) is 0.205. The number of ether oxygens (including phenoxy) is 1. The second-order valence-corrected chi connectivity index (χ2v) is 3.93. The van der Waals surface area contributed by atoms with Crippen molar-refractivity contribution < 1.29 is 9.53 Å². The Kier molecular flexibility index (Phi) is 3.16. The molecule has 80 valence electrons. The highest BCUT2D eigenvalue weighted by Crippen LogP contribution is 2.21. The average Bonchev–Trinajstić information content (AvgIpc) is 2.70. The van der Waals surface area contributed by atoms with Crippen molar-refractivity contribution in [3.63, 3.8) is 0 Å². The summed E-state index contributed by atoms with van der Waals surface area (Å²) in [5.74, 6) is -0.433. The highest BCUT2D eigenvalue weighted by molar-refractivity contribution is 6.29. The molecule has 4 nitrogen and oxygen atoms in total. The predicted molar refractivity (Wildman–Crippen MR) is 54.7 cm³/mol. The number of nitrogens with zero attached hydrogens (tertiary/aromatic N) is 2. The van der Waals surface area contributed by atoms with Crippen LogP contribution in [0.25, 0.3) is 0 Å². The van der Waals surface area contributed by atoms with E-state index >= 15 is 0 Å². The zero-order valence-corrected chi connectivity index (χ0v) is 8.91. The van der Waals surface area contributed by atoms with E-state index in [4.69, 9.17) is 16.3 Å². The number of rotatable bonds is 2. The first-order valence-electron chi connectivity index (χ1n) is 4.94. The van der Waals surface area contributed by atoms with Crippen molar-refractivity contribution in [3.8, 4) is 0 Å². The highest BCUT2D eigenvalue weighted by atomic mass is 35.5. The van der Waals surface area contributed by atoms with Crippen LogP contribution in [0.5, 0.6) is 0 Å². The molecule has 15 heavy (non-hydrogen) atoms. The molecule has 1 heterocycles. The maximum Gasteiger partial charge on any atom is 0.358 e. The van der Waals surface area contributed by atoms with Crippen LogP contribution in [0, 0.1) is 0 Å². The lowest BCUT2D eigenvalue weighted by Gasteiger charge is -2.10. The topological polar surface area (TPSA) is 52.1 Å². The SMILES string of the molecule is O=C(OC1CCCC1)c1cncc(Cl)n1. The van der Waals surface area contributed by atoms with Gasteiger partial charge in [-0.1, -0.05) is 11.6 Å². The van der Waals surface area contributed by atoms with E-state index in [1.54, 1.807) is 0 Å². The molecule has 0 bridgehead atoms. The van der Waals surface area contributed by atoms with E-state index in [2.05, 4.69) is 9.97 Å². The quantitative estimate of drug-likeness (QED) is 0.726.